The third kappa shape index (κ3) is 4.55. The van der Waals surface area contributed by atoms with E-state index in [2.05, 4.69) is 47.7 Å². The predicted octanol–water partition coefficient (Wildman–Crippen LogP) is 2.66. The van der Waals surface area contributed by atoms with E-state index < -0.39 is 0 Å². The summed E-state index contributed by atoms with van der Waals surface area (Å²) in [5, 5.41) is 3.61. The van der Waals surface area contributed by atoms with Gasteiger partial charge in [-0.1, -0.05) is 26.7 Å². The summed E-state index contributed by atoms with van der Waals surface area (Å²) < 4.78 is 2.12. The Labute approximate surface area is 129 Å². The summed E-state index contributed by atoms with van der Waals surface area (Å²) in [4.78, 5) is 6.91. The zero-order chi connectivity index (χ0) is 15.3. The number of aromatic nitrogens is 2. The number of hydrogen-bond acceptors (Lipinski definition) is 3. The second-order valence-electron chi connectivity index (χ2n) is 7.11. The molecule has 0 aromatic carbocycles. The highest BCUT2D eigenvalue weighted by molar-refractivity contribution is 4.93. The van der Waals surface area contributed by atoms with Crippen LogP contribution >= 0.6 is 0 Å². The molecule has 120 valence electrons. The van der Waals surface area contributed by atoms with Gasteiger partial charge in [-0.3, -0.25) is 4.90 Å². The molecule has 1 aromatic heterocycles. The molecule has 1 fully saturated rings. The molecule has 0 radical (unpaired) electrons. The molecule has 0 amide bonds. The predicted molar refractivity (Wildman–Crippen MR) is 88.2 cm³/mol. The third-order valence-corrected chi connectivity index (χ3v) is 4.87. The summed E-state index contributed by atoms with van der Waals surface area (Å²) in [6.45, 7) is 8.94. The molecule has 2 atom stereocenters. The maximum absolute atomic E-state index is 4.45. The van der Waals surface area contributed by atoms with Gasteiger partial charge < -0.3 is 9.88 Å². The monoisotopic (exact) mass is 292 g/mol. The fraction of sp³-hybridized carbons (Fsp3) is 0.824. The molecule has 21 heavy (non-hydrogen) atoms. The quantitative estimate of drug-likeness (QED) is 0.839. The van der Waals surface area contributed by atoms with Crippen LogP contribution in [0, 0.1) is 11.3 Å². The molecule has 1 aromatic rings. The van der Waals surface area contributed by atoms with Crippen molar-refractivity contribution >= 4 is 0 Å². The lowest BCUT2D eigenvalue weighted by Gasteiger charge is -2.42. The molecule has 4 heteroatoms. The fourth-order valence-corrected chi connectivity index (χ4v) is 3.94. The Hall–Kier alpha value is -0.870. The molecule has 1 saturated carbocycles. The van der Waals surface area contributed by atoms with Gasteiger partial charge in [0.05, 0.1) is 6.54 Å². The molecule has 1 aliphatic rings. The first-order valence-corrected chi connectivity index (χ1v) is 8.40. The van der Waals surface area contributed by atoms with Gasteiger partial charge in [0.25, 0.3) is 0 Å². The SMILES string of the molecule is CCNCC1(CN(C)Cc2nccn2C)CCCC(C)C1. The van der Waals surface area contributed by atoms with Gasteiger partial charge in [0.2, 0.25) is 0 Å². The molecule has 0 spiro atoms. The Kier molecular flexibility index (Phi) is 5.82. The molecule has 2 unspecified atom stereocenters. The van der Waals surface area contributed by atoms with Crippen molar-refractivity contribution < 1.29 is 0 Å². The summed E-state index contributed by atoms with van der Waals surface area (Å²) in [5.74, 6) is 2.01. The number of nitrogens with one attached hydrogen (secondary N) is 1. The van der Waals surface area contributed by atoms with E-state index in [0.717, 1.165) is 37.9 Å². The standard InChI is InChI=1S/C17H32N4/c1-5-18-13-17(8-6-7-15(2)11-17)14-20(3)12-16-19-9-10-21(16)4/h9-10,15,18H,5-8,11-14H2,1-4H3. The van der Waals surface area contributed by atoms with Gasteiger partial charge in [-0.25, -0.2) is 4.98 Å². The van der Waals surface area contributed by atoms with Crippen molar-refractivity contribution in [3.63, 3.8) is 0 Å². The molecule has 2 rings (SSSR count). The first-order valence-electron chi connectivity index (χ1n) is 8.40. The van der Waals surface area contributed by atoms with Gasteiger partial charge in [-0.2, -0.15) is 0 Å². The van der Waals surface area contributed by atoms with Crippen LogP contribution in [0.3, 0.4) is 0 Å². The lowest BCUT2D eigenvalue weighted by atomic mass is 9.69. The molecule has 1 N–H and O–H groups in total. The minimum Gasteiger partial charge on any atom is -0.337 e. The Morgan fingerprint density at radius 3 is 2.95 bits per heavy atom. The van der Waals surface area contributed by atoms with Crippen molar-refractivity contribution in [1.82, 2.24) is 19.8 Å². The molecule has 0 bridgehead atoms. The minimum atomic E-state index is 0.438. The van der Waals surface area contributed by atoms with Crippen LogP contribution in [0.1, 0.15) is 45.4 Å². The third-order valence-electron chi connectivity index (χ3n) is 4.87. The number of imidazole rings is 1. The summed E-state index contributed by atoms with van der Waals surface area (Å²) in [6.07, 6.45) is 9.40. The van der Waals surface area contributed by atoms with E-state index in [1.54, 1.807) is 0 Å². The van der Waals surface area contributed by atoms with E-state index in [-0.39, 0.29) is 0 Å². The fourth-order valence-electron chi connectivity index (χ4n) is 3.94. The van der Waals surface area contributed by atoms with Crippen molar-refractivity contribution in [1.29, 1.82) is 0 Å². The maximum Gasteiger partial charge on any atom is 0.122 e. The first-order chi connectivity index (χ1) is 10.0. The van der Waals surface area contributed by atoms with Gasteiger partial charge >= 0.3 is 0 Å². The Bertz CT molecular complexity index is 428. The van der Waals surface area contributed by atoms with Crippen molar-refractivity contribution in [2.45, 2.75) is 46.1 Å². The van der Waals surface area contributed by atoms with Crippen LogP contribution in [-0.2, 0) is 13.6 Å². The van der Waals surface area contributed by atoms with Crippen molar-refractivity contribution in [3.8, 4) is 0 Å². The van der Waals surface area contributed by atoms with Crippen LogP contribution in [0.5, 0.6) is 0 Å². The van der Waals surface area contributed by atoms with Crippen LogP contribution in [0.4, 0.5) is 0 Å². The molecular formula is C17H32N4. The first kappa shape index (κ1) is 16.5. The van der Waals surface area contributed by atoms with E-state index in [9.17, 15) is 0 Å². The van der Waals surface area contributed by atoms with Crippen LogP contribution in [-0.4, -0.2) is 41.1 Å². The zero-order valence-electron chi connectivity index (χ0n) is 14.2. The average Bonchev–Trinajstić information content (AvgIpc) is 2.82. The normalized spacial score (nSPS) is 26.4. The van der Waals surface area contributed by atoms with Gasteiger partial charge in [0, 0.05) is 32.5 Å². The van der Waals surface area contributed by atoms with Crippen LogP contribution in [0.25, 0.3) is 0 Å². The topological polar surface area (TPSA) is 33.1 Å². The van der Waals surface area contributed by atoms with Gasteiger partial charge in [0.1, 0.15) is 5.82 Å². The maximum atomic E-state index is 4.45. The number of aryl methyl sites for hydroxylation is 1. The van der Waals surface area contributed by atoms with E-state index in [4.69, 9.17) is 0 Å². The Morgan fingerprint density at radius 2 is 2.33 bits per heavy atom. The lowest BCUT2D eigenvalue weighted by Crippen LogP contribution is -2.45. The average molecular weight is 292 g/mol. The molecule has 0 aliphatic heterocycles. The van der Waals surface area contributed by atoms with Crippen molar-refractivity contribution in [2.75, 3.05) is 26.7 Å². The number of hydrogen-bond donors (Lipinski definition) is 1. The van der Waals surface area contributed by atoms with Gasteiger partial charge in [-0.05, 0) is 37.8 Å². The second-order valence-corrected chi connectivity index (χ2v) is 7.11. The largest absolute Gasteiger partial charge is 0.337 e. The molecule has 0 saturated heterocycles. The van der Waals surface area contributed by atoms with Gasteiger partial charge in [0.15, 0.2) is 0 Å². The highest BCUT2D eigenvalue weighted by Crippen LogP contribution is 2.39. The Balaban J connectivity index is 1.98. The minimum absolute atomic E-state index is 0.438. The Morgan fingerprint density at radius 1 is 1.52 bits per heavy atom. The van der Waals surface area contributed by atoms with Gasteiger partial charge in [-0.15, -0.1) is 0 Å². The van der Waals surface area contributed by atoms with Crippen molar-refractivity contribution in [3.05, 3.63) is 18.2 Å². The van der Waals surface area contributed by atoms with E-state index in [1.807, 2.05) is 12.4 Å². The van der Waals surface area contributed by atoms with Crippen molar-refractivity contribution in [2.24, 2.45) is 18.4 Å². The van der Waals surface area contributed by atoms with E-state index in [1.165, 1.54) is 25.7 Å². The summed E-state index contributed by atoms with van der Waals surface area (Å²) in [6, 6.07) is 0. The highest BCUT2D eigenvalue weighted by Gasteiger charge is 2.35. The number of nitrogens with zero attached hydrogens (tertiary/aromatic N) is 3. The lowest BCUT2D eigenvalue weighted by molar-refractivity contribution is 0.0881. The summed E-state index contributed by atoms with van der Waals surface area (Å²) in [5.41, 5.74) is 0.438. The highest BCUT2D eigenvalue weighted by atomic mass is 15.2. The van der Waals surface area contributed by atoms with E-state index >= 15 is 0 Å². The molecule has 1 heterocycles. The van der Waals surface area contributed by atoms with E-state index in [0.29, 0.717) is 5.41 Å². The zero-order valence-corrected chi connectivity index (χ0v) is 14.2. The van der Waals surface area contributed by atoms with Crippen LogP contribution in [0.15, 0.2) is 12.4 Å². The number of rotatable bonds is 7. The summed E-state index contributed by atoms with van der Waals surface area (Å²) in [7, 11) is 4.31. The smallest absolute Gasteiger partial charge is 0.122 e. The van der Waals surface area contributed by atoms with Crippen LogP contribution < -0.4 is 5.32 Å². The molecule has 4 nitrogen and oxygen atoms in total. The second kappa shape index (κ2) is 7.41. The molecular weight excluding hydrogens is 260 g/mol. The molecule has 1 aliphatic carbocycles. The van der Waals surface area contributed by atoms with Crippen LogP contribution in [0.2, 0.25) is 0 Å². The summed E-state index contributed by atoms with van der Waals surface area (Å²) >= 11 is 0.